The molecule has 1 atom stereocenters. The van der Waals surface area contributed by atoms with Crippen molar-refractivity contribution in [2.24, 2.45) is 14.1 Å². The highest BCUT2D eigenvalue weighted by atomic mass is 16.2. The van der Waals surface area contributed by atoms with Crippen LogP contribution in [0.15, 0.2) is 42.9 Å². The van der Waals surface area contributed by atoms with E-state index in [1.807, 2.05) is 26.4 Å². The molecule has 37 heavy (non-hydrogen) atoms. The van der Waals surface area contributed by atoms with Crippen LogP contribution in [-0.4, -0.2) is 40.4 Å². The number of benzene rings is 1. The summed E-state index contributed by atoms with van der Waals surface area (Å²) in [5.74, 6) is 1.44. The number of carbonyl (C=O) groups excluding carboxylic acids is 1. The fourth-order valence-corrected chi connectivity index (χ4v) is 4.89. The fourth-order valence-electron chi connectivity index (χ4n) is 4.89. The van der Waals surface area contributed by atoms with Gasteiger partial charge in [0, 0.05) is 37.5 Å². The van der Waals surface area contributed by atoms with Crippen LogP contribution >= 0.6 is 0 Å². The minimum absolute atomic E-state index is 0.0814. The van der Waals surface area contributed by atoms with Crippen LogP contribution in [0.4, 0.5) is 11.6 Å². The van der Waals surface area contributed by atoms with Gasteiger partial charge in [-0.25, -0.2) is 9.97 Å². The van der Waals surface area contributed by atoms with E-state index in [1.165, 1.54) is 5.56 Å². The van der Waals surface area contributed by atoms with E-state index in [-0.39, 0.29) is 17.4 Å². The molecule has 0 fully saturated rings. The van der Waals surface area contributed by atoms with E-state index in [9.17, 15) is 4.79 Å². The van der Waals surface area contributed by atoms with Gasteiger partial charge in [-0.3, -0.25) is 9.48 Å². The Morgan fingerprint density at radius 3 is 2.68 bits per heavy atom. The van der Waals surface area contributed by atoms with Crippen molar-refractivity contribution < 1.29 is 4.79 Å². The second kappa shape index (κ2) is 9.76. The number of hydrogen-bond acceptors (Lipinski definition) is 7. The monoisotopic (exact) mass is 499 g/mol. The number of anilines is 2. The van der Waals surface area contributed by atoms with E-state index in [0.717, 1.165) is 54.0 Å². The lowest BCUT2D eigenvalue weighted by atomic mass is 9.95. The lowest BCUT2D eigenvalue weighted by Gasteiger charge is -2.20. The summed E-state index contributed by atoms with van der Waals surface area (Å²) in [6, 6.07) is 8.21. The molecule has 0 saturated heterocycles. The zero-order valence-electron chi connectivity index (χ0n) is 22.0. The topological polar surface area (TPSA) is 115 Å². The van der Waals surface area contributed by atoms with Crippen LogP contribution in [0, 0.1) is 0 Å². The summed E-state index contributed by atoms with van der Waals surface area (Å²) in [5, 5.41) is 19.1. The van der Waals surface area contributed by atoms with Crippen LogP contribution in [0.5, 0.6) is 0 Å². The number of aromatic nitrogens is 7. The van der Waals surface area contributed by atoms with E-state index in [0.29, 0.717) is 11.8 Å². The molecule has 0 radical (unpaired) electrons. The van der Waals surface area contributed by atoms with Crippen molar-refractivity contribution in [1.29, 1.82) is 0 Å². The molecule has 4 aromatic rings. The molecule has 0 saturated carbocycles. The Morgan fingerprint density at radius 2 is 1.95 bits per heavy atom. The molecule has 1 aliphatic carbocycles. The van der Waals surface area contributed by atoms with Gasteiger partial charge in [0.05, 0.1) is 23.6 Å². The normalized spacial score (nSPS) is 15.6. The summed E-state index contributed by atoms with van der Waals surface area (Å²) in [6.45, 7) is 6.19. The number of carbonyl (C=O) groups is 1. The number of hydrogen-bond donors (Lipinski definition) is 2. The third-order valence-electron chi connectivity index (χ3n) is 6.67. The van der Waals surface area contributed by atoms with Gasteiger partial charge >= 0.3 is 0 Å². The van der Waals surface area contributed by atoms with Crippen molar-refractivity contribution in [3.05, 3.63) is 65.6 Å². The predicted octanol–water partition coefficient (Wildman–Crippen LogP) is 4.24. The van der Waals surface area contributed by atoms with Crippen molar-refractivity contribution in [3.8, 4) is 11.3 Å². The summed E-state index contributed by atoms with van der Waals surface area (Å²) >= 11 is 0. The van der Waals surface area contributed by atoms with Gasteiger partial charge in [0.25, 0.3) is 5.91 Å². The molecule has 2 N–H and O–H groups in total. The van der Waals surface area contributed by atoms with Crippen LogP contribution in [-0.2, 0) is 25.9 Å². The van der Waals surface area contributed by atoms with Crippen LogP contribution in [0.2, 0.25) is 0 Å². The first-order valence-electron chi connectivity index (χ1n) is 12.6. The van der Waals surface area contributed by atoms with Gasteiger partial charge in [0.1, 0.15) is 5.82 Å². The standard InChI is InChI=1S/C27H33N9O/c1-27(2,3)25-34-33-23(36(25)5)24(37)31-22-9-7-6-8-17-14-18(10-11-20(17)22)21-12-13-28-26(32-21)30-19-15-29-35(4)16-19/h10-16,22H,6-9H2,1-5H3,(H,31,37)(H,28,30,32)/t22-/m0/s1. The number of fused-ring (bicyclic) bond motifs is 1. The number of aryl methyl sites for hydroxylation is 2. The maximum atomic E-state index is 13.2. The zero-order chi connectivity index (χ0) is 26.2. The van der Waals surface area contributed by atoms with Crippen LogP contribution in [0.25, 0.3) is 11.3 Å². The molecule has 0 spiro atoms. The minimum Gasteiger partial charge on any atom is -0.343 e. The molecule has 0 bridgehead atoms. The highest BCUT2D eigenvalue weighted by molar-refractivity contribution is 5.91. The average Bonchev–Trinajstić information content (AvgIpc) is 3.39. The van der Waals surface area contributed by atoms with Crippen molar-refractivity contribution in [3.63, 3.8) is 0 Å². The molecule has 0 unspecified atom stereocenters. The summed E-state index contributed by atoms with van der Waals surface area (Å²) in [7, 11) is 3.71. The Balaban J connectivity index is 1.38. The van der Waals surface area contributed by atoms with Crippen LogP contribution in [0.3, 0.4) is 0 Å². The number of amides is 1. The molecule has 1 aromatic carbocycles. The van der Waals surface area contributed by atoms with E-state index in [2.05, 4.69) is 69.9 Å². The van der Waals surface area contributed by atoms with E-state index in [1.54, 1.807) is 21.6 Å². The predicted molar refractivity (Wildman–Crippen MR) is 141 cm³/mol. The third-order valence-corrected chi connectivity index (χ3v) is 6.67. The Bertz CT molecular complexity index is 1430. The summed E-state index contributed by atoms with van der Waals surface area (Å²) < 4.78 is 3.52. The fraction of sp³-hybridized carbons (Fsp3) is 0.407. The van der Waals surface area contributed by atoms with Gasteiger partial charge in [-0.2, -0.15) is 5.10 Å². The number of rotatable bonds is 5. The highest BCUT2D eigenvalue weighted by Crippen LogP contribution is 2.32. The van der Waals surface area contributed by atoms with Crippen LogP contribution in [0.1, 0.15) is 73.6 Å². The number of nitrogens with one attached hydrogen (secondary N) is 2. The largest absolute Gasteiger partial charge is 0.343 e. The first-order valence-corrected chi connectivity index (χ1v) is 12.6. The first-order chi connectivity index (χ1) is 17.7. The molecule has 192 valence electrons. The average molecular weight is 500 g/mol. The maximum Gasteiger partial charge on any atom is 0.289 e. The quantitative estimate of drug-likeness (QED) is 0.395. The van der Waals surface area contributed by atoms with Crippen LogP contribution < -0.4 is 10.6 Å². The van der Waals surface area contributed by atoms with E-state index >= 15 is 0 Å². The van der Waals surface area contributed by atoms with Gasteiger partial charge in [-0.05, 0) is 42.5 Å². The lowest BCUT2D eigenvalue weighted by Crippen LogP contribution is -2.31. The molecule has 5 rings (SSSR count). The summed E-state index contributed by atoms with van der Waals surface area (Å²) in [4.78, 5) is 22.3. The molecule has 3 aromatic heterocycles. The van der Waals surface area contributed by atoms with Gasteiger partial charge < -0.3 is 15.2 Å². The van der Waals surface area contributed by atoms with Gasteiger partial charge in [-0.1, -0.05) is 39.3 Å². The zero-order valence-corrected chi connectivity index (χ0v) is 22.0. The van der Waals surface area contributed by atoms with Crippen molar-refractivity contribution >= 4 is 17.5 Å². The molecule has 1 amide bonds. The van der Waals surface area contributed by atoms with E-state index < -0.39 is 0 Å². The second-order valence-electron chi connectivity index (χ2n) is 10.6. The first kappa shape index (κ1) is 24.6. The lowest BCUT2D eigenvalue weighted by molar-refractivity contribution is 0.0920. The molecule has 1 aliphatic rings. The molecule has 0 aliphatic heterocycles. The molecular formula is C27H33N9O. The second-order valence-corrected chi connectivity index (χ2v) is 10.6. The van der Waals surface area contributed by atoms with Gasteiger partial charge in [-0.15, -0.1) is 10.2 Å². The Labute approximate surface area is 216 Å². The van der Waals surface area contributed by atoms with Gasteiger partial charge in [0.2, 0.25) is 11.8 Å². The van der Waals surface area contributed by atoms with Crippen molar-refractivity contribution in [1.82, 2.24) is 39.8 Å². The highest BCUT2D eigenvalue weighted by Gasteiger charge is 2.27. The molecule has 10 heteroatoms. The van der Waals surface area contributed by atoms with E-state index in [4.69, 9.17) is 4.98 Å². The third kappa shape index (κ3) is 5.23. The molecule has 3 heterocycles. The summed E-state index contributed by atoms with van der Waals surface area (Å²) in [5.41, 5.74) is 4.87. The Morgan fingerprint density at radius 1 is 1.11 bits per heavy atom. The summed E-state index contributed by atoms with van der Waals surface area (Å²) in [6.07, 6.45) is 9.30. The molecule has 10 nitrogen and oxygen atoms in total. The van der Waals surface area contributed by atoms with Crippen molar-refractivity contribution in [2.45, 2.75) is 57.9 Å². The number of nitrogens with zero attached hydrogens (tertiary/aromatic N) is 7. The molecular weight excluding hydrogens is 466 g/mol. The Hall–Kier alpha value is -4.08. The Kier molecular flexibility index (Phi) is 6.49. The minimum atomic E-state index is -0.200. The smallest absolute Gasteiger partial charge is 0.289 e. The SMILES string of the molecule is Cn1cc(Nc2nccc(-c3ccc4c(c3)CCCC[C@@H]4NC(=O)c3nnc(C(C)(C)C)n3C)n2)cn1. The van der Waals surface area contributed by atoms with Crippen molar-refractivity contribution in [2.75, 3.05) is 5.32 Å². The maximum absolute atomic E-state index is 13.2. The van der Waals surface area contributed by atoms with Gasteiger partial charge in [0.15, 0.2) is 0 Å².